The van der Waals surface area contributed by atoms with Crippen LogP contribution < -0.4 is 4.72 Å². The fraction of sp³-hybridized carbons (Fsp3) is 0.750. The number of hydrogen-bond donors (Lipinski definition) is 1. The van der Waals surface area contributed by atoms with Crippen molar-refractivity contribution in [1.29, 1.82) is 0 Å². The van der Waals surface area contributed by atoms with Crippen molar-refractivity contribution in [2.24, 2.45) is 22.7 Å². The Labute approximate surface area is 235 Å². The molecule has 1 aromatic carbocycles. The lowest BCUT2D eigenvalue weighted by atomic mass is 9.70. The van der Waals surface area contributed by atoms with Gasteiger partial charge in [-0.3, -0.25) is 4.79 Å². The summed E-state index contributed by atoms with van der Waals surface area (Å²) in [5.74, 6) is 0.0712. The first kappa shape index (κ1) is 31.6. The van der Waals surface area contributed by atoms with Crippen molar-refractivity contribution >= 4 is 36.9 Å². The molecule has 10 heteroatoms. The third-order valence-corrected chi connectivity index (χ3v) is 14.2. The quantitative estimate of drug-likeness (QED) is 0.383. The molecule has 2 aliphatic carbocycles. The van der Waals surface area contributed by atoms with Crippen molar-refractivity contribution in [2.45, 2.75) is 110 Å². The fourth-order valence-electron chi connectivity index (χ4n) is 6.77. The van der Waals surface area contributed by atoms with Crippen LogP contribution in [0.2, 0.25) is 0 Å². The predicted octanol–water partition coefficient (Wildman–Crippen LogP) is 5.20. The SMILES string of the molecule is Cc1ccc(S(=O)(=O)N[C@@H](C(=O)S[C@@H]2C[C@H]3CC[C@]2(CS(=O)(=O)N(C(C)C)C(C)C)C3(C)C)C(C)C)cc1. The van der Waals surface area contributed by atoms with Crippen LogP contribution in [0.3, 0.4) is 0 Å². The van der Waals surface area contributed by atoms with Gasteiger partial charge in [0.1, 0.15) is 0 Å². The highest BCUT2D eigenvalue weighted by molar-refractivity contribution is 8.14. The van der Waals surface area contributed by atoms with Crippen LogP contribution in [0.25, 0.3) is 0 Å². The van der Waals surface area contributed by atoms with Crippen LogP contribution in [0.1, 0.15) is 80.2 Å². The van der Waals surface area contributed by atoms with E-state index in [2.05, 4.69) is 18.6 Å². The lowest BCUT2D eigenvalue weighted by molar-refractivity contribution is -0.113. The average molecular weight is 587 g/mol. The van der Waals surface area contributed by atoms with E-state index in [9.17, 15) is 21.6 Å². The monoisotopic (exact) mass is 586 g/mol. The van der Waals surface area contributed by atoms with Gasteiger partial charge in [0, 0.05) is 22.7 Å². The summed E-state index contributed by atoms with van der Waals surface area (Å²) in [5.41, 5.74) is 0.145. The van der Waals surface area contributed by atoms with Gasteiger partial charge in [-0.05, 0) is 83.3 Å². The summed E-state index contributed by atoms with van der Waals surface area (Å²) in [5, 5.41) is -0.435. The van der Waals surface area contributed by atoms with Crippen LogP contribution in [0.4, 0.5) is 0 Å². The van der Waals surface area contributed by atoms with Crippen LogP contribution >= 0.6 is 11.8 Å². The molecule has 0 unspecified atom stereocenters. The molecule has 38 heavy (non-hydrogen) atoms. The second-order valence-electron chi connectivity index (χ2n) is 12.7. The van der Waals surface area contributed by atoms with Gasteiger partial charge >= 0.3 is 0 Å². The largest absolute Gasteiger partial charge is 0.285 e. The Kier molecular flexibility index (Phi) is 9.27. The highest BCUT2D eigenvalue weighted by Crippen LogP contribution is 2.69. The smallest absolute Gasteiger partial charge is 0.241 e. The predicted molar refractivity (Wildman–Crippen MR) is 156 cm³/mol. The molecular weight excluding hydrogens is 541 g/mol. The molecule has 7 nitrogen and oxygen atoms in total. The van der Waals surface area contributed by atoms with E-state index in [0.717, 1.165) is 24.8 Å². The highest BCUT2D eigenvalue weighted by atomic mass is 32.2. The Hall–Kier alpha value is -0.940. The van der Waals surface area contributed by atoms with Gasteiger partial charge in [-0.15, -0.1) is 0 Å². The van der Waals surface area contributed by atoms with Gasteiger partial charge in [0.2, 0.25) is 25.2 Å². The van der Waals surface area contributed by atoms with E-state index >= 15 is 0 Å². The molecule has 0 aromatic heterocycles. The van der Waals surface area contributed by atoms with Gasteiger partial charge in [0.15, 0.2) is 0 Å². The molecule has 216 valence electrons. The maximum Gasteiger partial charge on any atom is 0.241 e. The van der Waals surface area contributed by atoms with E-state index in [1.54, 1.807) is 28.6 Å². The third kappa shape index (κ3) is 5.90. The number of nitrogens with one attached hydrogen (secondary N) is 1. The summed E-state index contributed by atoms with van der Waals surface area (Å²) in [6.07, 6.45) is 2.46. The second-order valence-corrected chi connectivity index (χ2v) is 17.5. The molecule has 0 spiro atoms. The van der Waals surface area contributed by atoms with Crippen LogP contribution in [0.15, 0.2) is 29.2 Å². The van der Waals surface area contributed by atoms with Crippen molar-refractivity contribution in [3.05, 3.63) is 29.8 Å². The van der Waals surface area contributed by atoms with E-state index in [1.165, 1.54) is 11.8 Å². The molecule has 0 heterocycles. The Morgan fingerprint density at radius 1 is 1.03 bits per heavy atom. The number of hydrogen-bond acceptors (Lipinski definition) is 6. The topological polar surface area (TPSA) is 101 Å². The first-order valence-electron chi connectivity index (χ1n) is 13.7. The number of rotatable bonds is 11. The molecule has 0 aliphatic heterocycles. The van der Waals surface area contributed by atoms with Crippen molar-refractivity contribution in [1.82, 2.24) is 9.03 Å². The van der Waals surface area contributed by atoms with E-state index in [-0.39, 0.29) is 44.4 Å². The van der Waals surface area contributed by atoms with Gasteiger partial charge in [-0.1, -0.05) is 57.2 Å². The third-order valence-electron chi connectivity index (χ3n) is 8.93. The van der Waals surface area contributed by atoms with Gasteiger partial charge < -0.3 is 0 Å². The number of nitrogens with zero attached hydrogens (tertiary/aromatic N) is 1. The molecule has 2 saturated carbocycles. The van der Waals surface area contributed by atoms with Gasteiger partial charge in [0.05, 0.1) is 16.7 Å². The van der Waals surface area contributed by atoms with Crippen LogP contribution in [0, 0.1) is 29.6 Å². The minimum atomic E-state index is -3.89. The second kappa shape index (κ2) is 11.1. The molecule has 1 N–H and O–H groups in total. The zero-order valence-electron chi connectivity index (χ0n) is 24.3. The Bertz CT molecular complexity index is 1220. The normalized spacial score (nSPS) is 26.1. The van der Waals surface area contributed by atoms with Crippen molar-refractivity contribution in [3.63, 3.8) is 0 Å². The van der Waals surface area contributed by atoms with Crippen molar-refractivity contribution in [3.8, 4) is 0 Å². The van der Waals surface area contributed by atoms with Gasteiger partial charge in [-0.25, -0.2) is 16.8 Å². The molecular formula is C28H46N2O5S3. The fourth-order valence-corrected chi connectivity index (χ4v) is 12.9. The van der Waals surface area contributed by atoms with Crippen LogP contribution in [-0.2, 0) is 24.8 Å². The number of carbonyl (C=O) groups excluding carboxylic acids is 1. The van der Waals surface area contributed by atoms with Crippen LogP contribution in [-0.4, -0.2) is 55.4 Å². The summed E-state index contributed by atoms with van der Waals surface area (Å²) in [6.45, 7) is 17.4. The minimum Gasteiger partial charge on any atom is -0.285 e. The molecule has 2 fully saturated rings. The number of benzene rings is 1. The number of aryl methyl sites for hydroxylation is 1. The van der Waals surface area contributed by atoms with Crippen molar-refractivity contribution in [2.75, 3.05) is 5.75 Å². The number of carbonyl (C=O) groups is 1. The molecule has 2 aliphatic rings. The molecule has 1 aromatic rings. The first-order chi connectivity index (χ1) is 17.4. The van der Waals surface area contributed by atoms with E-state index < -0.39 is 31.5 Å². The number of fused-ring (bicyclic) bond motifs is 2. The minimum absolute atomic E-state index is 0.00620. The Balaban J connectivity index is 1.90. The molecule has 0 amide bonds. The average Bonchev–Trinajstić information content (AvgIpc) is 3.11. The standard InChI is InChI=1S/C28H46N2O5S3/c1-18(2)25(29-38(34,35)23-12-10-21(7)11-13-23)26(31)36-24-16-22-14-15-28(24,27(22,8)9)17-37(32,33)30(19(3)4)20(5)6/h10-13,18-20,22,24-25,29H,14-17H2,1-9H3/t22-,24-,25-,28-/m1/s1. The van der Waals surface area contributed by atoms with Crippen LogP contribution in [0.5, 0.6) is 0 Å². The number of sulfonamides is 2. The van der Waals surface area contributed by atoms with E-state index in [4.69, 9.17) is 0 Å². The van der Waals surface area contributed by atoms with Crippen molar-refractivity contribution < 1.29 is 21.6 Å². The summed E-state index contributed by atoms with van der Waals surface area (Å²) in [7, 11) is -7.49. The zero-order chi connectivity index (χ0) is 28.8. The zero-order valence-corrected chi connectivity index (χ0v) is 26.8. The molecule has 3 rings (SSSR count). The summed E-state index contributed by atoms with van der Waals surface area (Å²) in [6, 6.07) is 5.31. The molecule has 0 radical (unpaired) electrons. The Morgan fingerprint density at radius 3 is 2.05 bits per heavy atom. The highest BCUT2D eigenvalue weighted by Gasteiger charge is 2.66. The maximum absolute atomic E-state index is 13.8. The number of thioether (sulfide) groups is 1. The van der Waals surface area contributed by atoms with Gasteiger partial charge in [-0.2, -0.15) is 9.03 Å². The Morgan fingerprint density at radius 2 is 1.58 bits per heavy atom. The lowest BCUT2D eigenvalue weighted by Gasteiger charge is -2.44. The molecule has 2 bridgehead atoms. The first-order valence-corrected chi connectivity index (χ1v) is 17.6. The van der Waals surface area contributed by atoms with Gasteiger partial charge in [0.25, 0.3) is 0 Å². The maximum atomic E-state index is 13.8. The van der Waals surface area contributed by atoms with E-state index in [1.807, 2.05) is 48.5 Å². The lowest BCUT2D eigenvalue weighted by Crippen LogP contribution is -2.51. The summed E-state index contributed by atoms with van der Waals surface area (Å²) in [4.78, 5) is 13.8. The molecule has 0 saturated heterocycles. The summed E-state index contributed by atoms with van der Waals surface area (Å²) < 4.78 is 58.1. The van der Waals surface area contributed by atoms with E-state index in [0.29, 0.717) is 5.92 Å². The molecule has 4 atom stereocenters. The summed E-state index contributed by atoms with van der Waals surface area (Å²) >= 11 is 1.17.